The lowest BCUT2D eigenvalue weighted by Gasteiger charge is -2.02. The molecule has 9 heteroatoms. The minimum Gasteiger partial charge on any atom is -0.506 e. The fourth-order valence-electron chi connectivity index (χ4n) is 1.99. The van der Waals surface area contributed by atoms with Crippen molar-refractivity contribution in [2.45, 2.75) is 0 Å². The molecule has 0 saturated heterocycles. The predicted octanol–water partition coefficient (Wildman–Crippen LogP) is 6.79. The Hall–Kier alpha value is -1.12. The first-order chi connectivity index (χ1) is 11.9. The number of phenolic OH excluding ortho intramolecular Hbond substituents is 1. The molecule has 0 saturated carbocycles. The highest BCUT2D eigenvalue weighted by atomic mass is 79.9. The van der Waals surface area contributed by atoms with Crippen LogP contribution < -0.4 is 5.43 Å². The number of hydrogen-bond acceptors (Lipinski definition) is 5. The van der Waals surface area contributed by atoms with Gasteiger partial charge in [-0.25, -0.2) is 4.98 Å². The van der Waals surface area contributed by atoms with Crippen LogP contribution in [0.4, 0.5) is 5.13 Å². The van der Waals surface area contributed by atoms with Gasteiger partial charge in [-0.15, -0.1) is 11.3 Å². The fraction of sp³-hybridized carbons (Fsp3) is 0. The summed E-state index contributed by atoms with van der Waals surface area (Å²) in [6, 6.07) is 8.77. The molecule has 0 aliphatic rings. The maximum Gasteiger partial charge on any atom is 0.203 e. The van der Waals surface area contributed by atoms with Crippen LogP contribution in [0.25, 0.3) is 11.3 Å². The Morgan fingerprint density at radius 3 is 2.76 bits per heavy atom. The van der Waals surface area contributed by atoms with Gasteiger partial charge in [-0.2, -0.15) is 5.10 Å². The van der Waals surface area contributed by atoms with Crippen molar-refractivity contribution in [3.8, 4) is 17.0 Å². The first-order valence-electron chi connectivity index (χ1n) is 6.82. The number of benzene rings is 2. The van der Waals surface area contributed by atoms with Crippen LogP contribution in [0.5, 0.6) is 5.75 Å². The molecule has 2 N–H and O–H groups in total. The van der Waals surface area contributed by atoms with Crippen molar-refractivity contribution in [2.24, 2.45) is 5.10 Å². The van der Waals surface area contributed by atoms with Gasteiger partial charge in [0.15, 0.2) is 0 Å². The van der Waals surface area contributed by atoms with E-state index < -0.39 is 0 Å². The molecule has 128 valence electrons. The van der Waals surface area contributed by atoms with Gasteiger partial charge < -0.3 is 5.11 Å². The maximum atomic E-state index is 10.00. The first kappa shape index (κ1) is 18.7. The monoisotopic (exact) mass is 519 g/mol. The fourth-order valence-corrected chi connectivity index (χ4v) is 4.41. The molecule has 3 rings (SSSR count). The average Bonchev–Trinajstić information content (AvgIpc) is 3.00. The van der Waals surface area contributed by atoms with Crippen molar-refractivity contribution in [3.05, 3.63) is 60.3 Å². The van der Waals surface area contributed by atoms with E-state index in [9.17, 15) is 5.11 Å². The lowest BCUT2D eigenvalue weighted by molar-refractivity contribution is 0.471. The lowest BCUT2D eigenvalue weighted by atomic mass is 10.2. The van der Waals surface area contributed by atoms with Gasteiger partial charge in [0.1, 0.15) is 5.75 Å². The van der Waals surface area contributed by atoms with Crippen molar-refractivity contribution < 1.29 is 5.11 Å². The summed E-state index contributed by atoms with van der Waals surface area (Å²) in [6.07, 6.45) is 1.52. The third kappa shape index (κ3) is 4.54. The summed E-state index contributed by atoms with van der Waals surface area (Å²) in [7, 11) is 0. The largest absolute Gasteiger partial charge is 0.506 e. The minimum absolute atomic E-state index is 0.113. The van der Waals surface area contributed by atoms with E-state index in [1.54, 1.807) is 24.3 Å². The molecular formula is C16H9Br2Cl2N3OS. The van der Waals surface area contributed by atoms with E-state index in [-0.39, 0.29) is 5.75 Å². The third-order valence-electron chi connectivity index (χ3n) is 3.13. The zero-order chi connectivity index (χ0) is 18.0. The molecule has 0 amide bonds. The van der Waals surface area contributed by atoms with E-state index in [4.69, 9.17) is 23.2 Å². The van der Waals surface area contributed by atoms with Crippen molar-refractivity contribution in [1.29, 1.82) is 0 Å². The van der Waals surface area contributed by atoms with Crippen molar-refractivity contribution in [2.75, 3.05) is 5.43 Å². The Kier molecular flexibility index (Phi) is 6.01. The van der Waals surface area contributed by atoms with Crippen LogP contribution in [0.1, 0.15) is 5.56 Å². The molecule has 0 radical (unpaired) electrons. The third-order valence-corrected chi connectivity index (χ3v) is 5.49. The molecule has 2 aromatic carbocycles. The van der Waals surface area contributed by atoms with Crippen LogP contribution in [0.15, 0.2) is 49.8 Å². The predicted molar refractivity (Wildman–Crippen MR) is 112 cm³/mol. The molecule has 0 bridgehead atoms. The Bertz CT molecular complexity index is 963. The molecule has 1 aromatic heterocycles. The smallest absolute Gasteiger partial charge is 0.203 e. The van der Waals surface area contributed by atoms with Crippen LogP contribution in [-0.2, 0) is 0 Å². The SMILES string of the molecule is Oc1c(Br)cc(Br)cc1C=NNc1nc(-c2ccc(Cl)cc2Cl)cs1. The quantitative estimate of drug-likeness (QED) is 0.293. The summed E-state index contributed by atoms with van der Waals surface area (Å²) in [4.78, 5) is 4.44. The number of nitrogens with zero attached hydrogens (tertiary/aromatic N) is 2. The molecular weight excluding hydrogens is 513 g/mol. The second-order valence-corrected chi connectivity index (χ2v) is 8.33. The number of hydrazone groups is 1. The summed E-state index contributed by atoms with van der Waals surface area (Å²) in [5, 5.41) is 17.7. The molecule has 3 aromatic rings. The van der Waals surface area contributed by atoms with Gasteiger partial charge in [0.05, 0.1) is 21.4 Å². The number of rotatable bonds is 4. The molecule has 0 spiro atoms. The first-order valence-corrected chi connectivity index (χ1v) is 10.0. The molecule has 0 aliphatic heterocycles. The standard InChI is InChI=1S/C16H9Br2Cl2N3OS/c17-9-3-8(15(24)12(18)4-9)6-21-23-16-22-14(7-25-16)11-2-1-10(19)5-13(11)20/h1-7,24H,(H,22,23). The number of hydrogen-bond donors (Lipinski definition) is 2. The number of nitrogens with one attached hydrogen (secondary N) is 1. The van der Waals surface area contributed by atoms with Crippen LogP contribution >= 0.6 is 66.4 Å². The summed E-state index contributed by atoms with van der Waals surface area (Å²) < 4.78 is 1.41. The normalized spacial score (nSPS) is 11.2. The molecule has 0 unspecified atom stereocenters. The van der Waals surface area contributed by atoms with Crippen LogP contribution in [0.3, 0.4) is 0 Å². The Morgan fingerprint density at radius 2 is 2.00 bits per heavy atom. The van der Waals surface area contributed by atoms with Crippen LogP contribution in [-0.4, -0.2) is 16.3 Å². The topological polar surface area (TPSA) is 57.5 Å². The van der Waals surface area contributed by atoms with Gasteiger partial charge in [-0.1, -0.05) is 39.1 Å². The van der Waals surface area contributed by atoms with Crippen LogP contribution in [0, 0.1) is 0 Å². The Balaban J connectivity index is 1.76. The van der Waals surface area contributed by atoms with Crippen LogP contribution in [0.2, 0.25) is 10.0 Å². The number of aromatic hydroxyl groups is 1. The zero-order valence-corrected chi connectivity index (χ0v) is 17.8. The summed E-state index contributed by atoms with van der Waals surface area (Å²) in [5.41, 5.74) is 4.94. The molecule has 0 fully saturated rings. The average molecular weight is 522 g/mol. The van der Waals surface area contributed by atoms with Gasteiger partial charge in [-0.05, 0) is 46.3 Å². The number of phenols is 1. The molecule has 1 heterocycles. The highest BCUT2D eigenvalue weighted by Gasteiger charge is 2.09. The van der Waals surface area contributed by atoms with E-state index >= 15 is 0 Å². The van der Waals surface area contributed by atoms with E-state index in [1.165, 1.54) is 17.6 Å². The van der Waals surface area contributed by atoms with Crippen molar-refractivity contribution >= 4 is 77.7 Å². The lowest BCUT2D eigenvalue weighted by Crippen LogP contribution is -1.91. The molecule has 0 atom stereocenters. The maximum absolute atomic E-state index is 10.00. The Morgan fingerprint density at radius 1 is 1.20 bits per heavy atom. The minimum atomic E-state index is 0.113. The number of thiazole rings is 1. The number of anilines is 1. The van der Waals surface area contributed by atoms with E-state index in [0.717, 1.165) is 15.7 Å². The van der Waals surface area contributed by atoms with E-state index in [0.29, 0.717) is 25.2 Å². The summed E-state index contributed by atoms with van der Waals surface area (Å²) in [5.74, 6) is 0.113. The molecule has 0 aliphatic carbocycles. The van der Waals surface area contributed by atoms with Crippen molar-refractivity contribution in [1.82, 2.24) is 4.98 Å². The van der Waals surface area contributed by atoms with E-state index in [1.807, 2.05) is 11.4 Å². The highest BCUT2D eigenvalue weighted by molar-refractivity contribution is 9.11. The van der Waals surface area contributed by atoms with Gasteiger partial charge in [0.25, 0.3) is 0 Å². The van der Waals surface area contributed by atoms with Crippen molar-refractivity contribution in [3.63, 3.8) is 0 Å². The molecule has 25 heavy (non-hydrogen) atoms. The second-order valence-electron chi connectivity index (χ2n) is 4.86. The summed E-state index contributed by atoms with van der Waals surface area (Å²) >= 11 is 20.2. The molecule has 4 nitrogen and oxygen atoms in total. The van der Waals surface area contributed by atoms with Gasteiger partial charge in [0, 0.05) is 26.0 Å². The van der Waals surface area contributed by atoms with Gasteiger partial charge in [0.2, 0.25) is 5.13 Å². The Labute approximate surface area is 174 Å². The highest BCUT2D eigenvalue weighted by Crippen LogP contribution is 2.33. The zero-order valence-electron chi connectivity index (χ0n) is 12.3. The van der Waals surface area contributed by atoms with Gasteiger partial charge in [-0.3, -0.25) is 5.43 Å². The number of halogens is 4. The van der Waals surface area contributed by atoms with Gasteiger partial charge >= 0.3 is 0 Å². The number of aromatic nitrogens is 1. The van der Waals surface area contributed by atoms with E-state index in [2.05, 4.69) is 47.4 Å². The summed E-state index contributed by atoms with van der Waals surface area (Å²) in [6.45, 7) is 0. The second kappa shape index (κ2) is 8.05.